The van der Waals surface area contributed by atoms with Crippen LogP contribution in [0.1, 0.15) is 93.4 Å². The van der Waals surface area contributed by atoms with E-state index in [9.17, 15) is 14.7 Å². The van der Waals surface area contributed by atoms with E-state index in [0.717, 1.165) is 38.5 Å². The number of ketones is 1. The Morgan fingerprint density at radius 1 is 1.03 bits per heavy atom. The summed E-state index contributed by atoms with van der Waals surface area (Å²) < 4.78 is 5.81. The molecule has 0 spiro atoms. The van der Waals surface area contributed by atoms with Crippen LogP contribution in [0.25, 0.3) is 0 Å². The second-order valence-corrected chi connectivity index (χ2v) is 13.6. The van der Waals surface area contributed by atoms with Crippen molar-refractivity contribution in [3.63, 3.8) is 0 Å². The molecule has 5 aliphatic rings. The first-order chi connectivity index (χ1) is 15.8. The minimum atomic E-state index is -0.199. The van der Waals surface area contributed by atoms with Crippen molar-refractivity contribution in [1.29, 1.82) is 0 Å². The average molecular weight is 469 g/mol. The Bertz CT molecular complexity index is 972. The second kappa shape index (κ2) is 7.71. The highest BCUT2D eigenvalue weighted by Gasteiger charge is 2.67. The maximum atomic E-state index is 14.0. The Morgan fingerprint density at radius 2 is 1.71 bits per heavy atom. The summed E-state index contributed by atoms with van der Waals surface area (Å²) in [7, 11) is 0. The summed E-state index contributed by atoms with van der Waals surface area (Å²) in [6.07, 6.45) is 8.58. The molecule has 0 radical (unpaired) electrons. The highest BCUT2D eigenvalue weighted by atomic mass is 16.5. The maximum Gasteiger partial charge on any atom is 0.302 e. The van der Waals surface area contributed by atoms with Gasteiger partial charge in [-0.05, 0) is 84.7 Å². The van der Waals surface area contributed by atoms with Crippen LogP contribution in [-0.4, -0.2) is 23.0 Å². The lowest BCUT2D eigenvalue weighted by atomic mass is 9.37. The quantitative estimate of drug-likeness (QED) is 0.430. The molecule has 0 amide bonds. The van der Waals surface area contributed by atoms with Gasteiger partial charge < -0.3 is 9.84 Å². The van der Waals surface area contributed by atoms with Crippen LogP contribution in [0.2, 0.25) is 0 Å². The van der Waals surface area contributed by atoms with Gasteiger partial charge in [0.05, 0.1) is 5.76 Å². The van der Waals surface area contributed by atoms with Crippen LogP contribution >= 0.6 is 0 Å². The lowest BCUT2D eigenvalue weighted by Gasteiger charge is -2.67. The van der Waals surface area contributed by atoms with Crippen LogP contribution < -0.4 is 0 Å². The van der Waals surface area contributed by atoms with E-state index in [4.69, 9.17) is 4.74 Å². The number of rotatable bonds is 1. The molecule has 5 aliphatic carbocycles. The first-order valence-corrected chi connectivity index (χ1v) is 13.7. The predicted molar refractivity (Wildman–Crippen MR) is 133 cm³/mol. The third-order valence-corrected chi connectivity index (χ3v) is 11.7. The van der Waals surface area contributed by atoms with Crippen LogP contribution in [-0.2, 0) is 14.3 Å². The van der Waals surface area contributed by atoms with Crippen LogP contribution in [0, 0.1) is 51.8 Å². The zero-order chi connectivity index (χ0) is 24.8. The van der Waals surface area contributed by atoms with Crippen LogP contribution in [0.5, 0.6) is 0 Å². The molecule has 5 rings (SSSR count). The molecule has 0 aliphatic heterocycles. The fraction of sp³-hybridized carbons (Fsp3) is 0.800. The first kappa shape index (κ1) is 24.1. The topological polar surface area (TPSA) is 63.6 Å². The van der Waals surface area contributed by atoms with Crippen molar-refractivity contribution in [2.24, 2.45) is 51.8 Å². The lowest BCUT2D eigenvalue weighted by Crippen LogP contribution is -2.64. The van der Waals surface area contributed by atoms with E-state index >= 15 is 0 Å². The number of aliphatic hydroxyl groups is 1. The molecule has 0 unspecified atom stereocenters. The van der Waals surface area contributed by atoms with Gasteiger partial charge in [0.2, 0.25) is 0 Å². The van der Waals surface area contributed by atoms with Gasteiger partial charge in [0, 0.05) is 30.6 Å². The summed E-state index contributed by atoms with van der Waals surface area (Å²) in [5.41, 5.74) is 2.34. The summed E-state index contributed by atoms with van der Waals surface area (Å²) in [6, 6.07) is 0. The Morgan fingerprint density at radius 3 is 2.38 bits per heavy atom. The zero-order valence-corrected chi connectivity index (χ0v) is 22.2. The van der Waals surface area contributed by atoms with Crippen molar-refractivity contribution in [2.45, 2.75) is 99.5 Å². The third kappa shape index (κ3) is 3.15. The molecule has 0 heterocycles. The minimum Gasteiger partial charge on any atom is -0.512 e. The number of esters is 1. The second-order valence-electron chi connectivity index (χ2n) is 13.6. The Balaban J connectivity index is 1.54. The SMILES string of the molecule is CC(=O)O[C@@H]1CC[C@@]2(C)[C@H]3CC(=O)[C@H]4C5=C(C=C(O)[C@H]4[C@@]3(C)CC[C@@H]2C1(C)C)CC[C@@H](C)[C@H]5C. The number of carbonyl (C=O) groups is 2. The van der Waals surface area contributed by atoms with Crippen LogP contribution in [0.4, 0.5) is 0 Å². The van der Waals surface area contributed by atoms with Gasteiger partial charge in [-0.25, -0.2) is 0 Å². The van der Waals surface area contributed by atoms with Gasteiger partial charge in [0.15, 0.2) is 0 Å². The van der Waals surface area contributed by atoms with Gasteiger partial charge in [0.1, 0.15) is 11.9 Å². The number of carbonyl (C=O) groups excluding carboxylic acids is 2. The molecule has 34 heavy (non-hydrogen) atoms. The number of Topliss-reactive ketones (excluding diaryl/α,β-unsaturated/α-hetero) is 1. The average Bonchev–Trinajstić information content (AvgIpc) is 2.74. The van der Waals surface area contributed by atoms with Crippen molar-refractivity contribution in [3.8, 4) is 0 Å². The van der Waals surface area contributed by atoms with E-state index in [0.29, 0.717) is 35.7 Å². The third-order valence-electron chi connectivity index (χ3n) is 11.7. The van der Waals surface area contributed by atoms with E-state index in [-0.39, 0.29) is 46.1 Å². The molecule has 1 N–H and O–H groups in total. The minimum absolute atomic E-state index is 0.00576. The van der Waals surface area contributed by atoms with Crippen LogP contribution in [0.3, 0.4) is 0 Å². The van der Waals surface area contributed by atoms with Crippen molar-refractivity contribution in [1.82, 2.24) is 0 Å². The highest BCUT2D eigenvalue weighted by molar-refractivity contribution is 5.87. The fourth-order valence-electron chi connectivity index (χ4n) is 9.85. The standard InChI is InChI=1S/C30H44O4/c1-16-8-9-19-14-21(33)27-26(25(19)17(16)2)20(32)15-23-29(6)13-11-24(34-18(3)31)28(4,5)22(29)10-12-30(23,27)7/h14,16-17,22-24,26-27,33H,8-13,15H2,1-7H3/t16-,17-,22-,23-,24-,26+,27-,29-,30+/m1/s1. The molecule has 4 nitrogen and oxygen atoms in total. The number of hydrogen-bond donors (Lipinski definition) is 1. The van der Waals surface area contributed by atoms with Crippen molar-refractivity contribution in [3.05, 3.63) is 23.0 Å². The number of allylic oxidation sites excluding steroid dienone is 4. The Kier molecular flexibility index (Phi) is 5.47. The van der Waals surface area contributed by atoms with E-state index in [1.165, 1.54) is 18.1 Å². The van der Waals surface area contributed by atoms with Gasteiger partial charge in [0.25, 0.3) is 0 Å². The first-order valence-electron chi connectivity index (χ1n) is 13.7. The van der Waals surface area contributed by atoms with Crippen molar-refractivity contribution in [2.75, 3.05) is 0 Å². The van der Waals surface area contributed by atoms with Crippen LogP contribution in [0.15, 0.2) is 23.0 Å². The van der Waals surface area contributed by atoms with Crippen molar-refractivity contribution >= 4 is 11.8 Å². The molecular formula is C30H44O4. The van der Waals surface area contributed by atoms with E-state index in [1.807, 2.05) is 0 Å². The summed E-state index contributed by atoms with van der Waals surface area (Å²) in [5, 5.41) is 11.5. The zero-order valence-electron chi connectivity index (χ0n) is 22.2. The van der Waals surface area contributed by atoms with Gasteiger partial charge in [-0.2, -0.15) is 0 Å². The lowest BCUT2D eigenvalue weighted by molar-refractivity contribution is -0.207. The molecule has 0 saturated heterocycles. The van der Waals surface area contributed by atoms with Gasteiger partial charge in [-0.1, -0.05) is 47.1 Å². The highest BCUT2D eigenvalue weighted by Crippen LogP contribution is 2.71. The van der Waals surface area contributed by atoms with E-state index in [2.05, 4.69) is 47.6 Å². The Hall–Kier alpha value is -1.58. The number of aliphatic hydroxyl groups excluding tert-OH is 1. The summed E-state index contributed by atoms with van der Waals surface area (Å²) in [4.78, 5) is 25.8. The number of ether oxygens (including phenoxy) is 1. The smallest absolute Gasteiger partial charge is 0.302 e. The molecule has 9 atom stereocenters. The van der Waals surface area contributed by atoms with Gasteiger partial charge >= 0.3 is 5.97 Å². The predicted octanol–water partition coefficient (Wildman–Crippen LogP) is 6.80. The number of fused-ring (bicyclic) bond motifs is 6. The van der Waals surface area contributed by atoms with Crippen molar-refractivity contribution < 1.29 is 19.4 Å². The molecule has 188 valence electrons. The largest absolute Gasteiger partial charge is 0.512 e. The monoisotopic (exact) mass is 468 g/mol. The van der Waals surface area contributed by atoms with Gasteiger partial charge in [-0.15, -0.1) is 0 Å². The van der Waals surface area contributed by atoms with E-state index in [1.54, 1.807) is 0 Å². The normalized spacial score (nSPS) is 47.6. The molecule has 0 aromatic rings. The molecule has 0 bridgehead atoms. The number of hydrogen-bond acceptors (Lipinski definition) is 4. The molecule has 3 saturated carbocycles. The molecule has 0 aromatic heterocycles. The Labute approximate surface area is 205 Å². The summed E-state index contributed by atoms with van der Waals surface area (Å²) in [5.74, 6) is 1.96. The summed E-state index contributed by atoms with van der Waals surface area (Å²) in [6.45, 7) is 15.4. The van der Waals surface area contributed by atoms with Gasteiger partial charge in [-0.3, -0.25) is 9.59 Å². The molecule has 0 aromatic carbocycles. The molecule has 3 fully saturated rings. The maximum absolute atomic E-state index is 14.0. The summed E-state index contributed by atoms with van der Waals surface area (Å²) >= 11 is 0. The molecule has 4 heteroatoms. The fourth-order valence-corrected chi connectivity index (χ4v) is 9.85. The molecular weight excluding hydrogens is 424 g/mol. The van der Waals surface area contributed by atoms with E-state index < -0.39 is 0 Å².